The van der Waals surface area contributed by atoms with Crippen molar-refractivity contribution in [3.8, 4) is 5.75 Å². The van der Waals surface area contributed by atoms with Crippen LogP contribution in [0.25, 0.3) is 10.8 Å². The summed E-state index contributed by atoms with van der Waals surface area (Å²) in [7, 11) is 0. The first-order chi connectivity index (χ1) is 8.60. The first kappa shape index (κ1) is 13.3. The van der Waals surface area contributed by atoms with Crippen LogP contribution in [-0.4, -0.2) is 11.1 Å². The van der Waals surface area contributed by atoms with Gasteiger partial charge in [-0.1, -0.05) is 47.2 Å². The third kappa shape index (κ3) is 3.00. The second-order valence-electron chi connectivity index (χ2n) is 4.07. The molecule has 2 N–H and O–H groups in total. The lowest BCUT2D eigenvalue weighted by Gasteiger charge is -2.16. The second-order valence-corrected chi connectivity index (χ2v) is 5.46. The molecule has 1 unspecified atom stereocenters. The van der Waals surface area contributed by atoms with Crippen LogP contribution in [0.1, 0.15) is 13.3 Å². The van der Waals surface area contributed by atoms with Gasteiger partial charge in [-0.25, -0.2) is 0 Å². The molecule has 0 spiro atoms. The van der Waals surface area contributed by atoms with Gasteiger partial charge in [-0.2, -0.15) is 0 Å². The van der Waals surface area contributed by atoms with E-state index in [2.05, 4.69) is 22.0 Å². The highest BCUT2D eigenvalue weighted by Gasteiger charge is 2.11. The third-order valence-corrected chi connectivity index (χ3v) is 3.50. The lowest BCUT2D eigenvalue weighted by atomic mass is 10.1. The molecule has 0 saturated heterocycles. The predicted molar refractivity (Wildman–Crippen MR) is 83.1 cm³/mol. The number of halogens is 1. The molecular weight excluding hydrogens is 310 g/mol. The summed E-state index contributed by atoms with van der Waals surface area (Å²) in [5.41, 5.74) is 5.63. The largest absolute Gasteiger partial charge is 0.483 e. The van der Waals surface area contributed by atoms with Crippen molar-refractivity contribution in [1.29, 1.82) is 0 Å². The SMILES string of the molecule is CCC(Oc1ccc2cc(Br)ccc2c1)C(N)=S. The van der Waals surface area contributed by atoms with Crippen molar-refractivity contribution in [3.63, 3.8) is 0 Å². The van der Waals surface area contributed by atoms with Crippen molar-refractivity contribution in [2.24, 2.45) is 5.73 Å². The van der Waals surface area contributed by atoms with Crippen molar-refractivity contribution in [1.82, 2.24) is 0 Å². The number of fused-ring (bicyclic) bond motifs is 1. The Hall–Kier alpha value is -1.13. The minimum Gasteiger partial charge on any atom is -0.483 e. The fourth-order valence-electron chi connectivity index (χ4n) is 1.77. The summed E-state index contributed by atoms with van der Waals surface area (Å²) in [6, 6.07) is 12.1. The summed E-state index contributed by atoms with van der Waals surface area (Å²) in [5, 5.41) is 2.30. The minimum atomic E-state index is -0.201. The number of rotatable bonds is 4. The van der Waals surface area contributed by atoms with Gasteiger partial charge in [0.2, 0.25) is 0 Å². The smallest absolute Gasteiger partial charge is 0.148 e. The van der Waals surface area contributed by atoms with Gasteiger partial charge in [0.15, 0.2) is 0 Å². The average Bonchev–Trinajstić information content (AvgIpc) is 2.35. The molecule has 0 aliphatic rings. The molecule has 4 heteroatoms. The van der Waals surface area contributed by atoms with E-state index in [-0.39, 0.29) is 6.10 Å². The van der Waals surface area contributed by atoms with Gasteiger partial charge in [0, 0.05) is 4.47 Å². The maximum atomic E-state index is 5.79. The summed E-state index contributed by atoms with van der Waals surface area (Å²) in [6.07, 6.45) is 0.571. The third-order valence-electron chi connectivity index (χ3n) is 2.74. The molecule has 2 aromatic rings. The topological polar surface area (TPSA) is 35.2 Å². The molecule has 0 aromatic heterocycles. The summed E-state index contributed by atoms with van der Waals surface area (Å²) < 4.78 is 6.85. The average molecular weight is 324 g/mol. The number of hydrogen-bond acceptors (Lipinski definition) is 2. The van der Waals surface area contributed by atoms with Gasteiger partial charge in [-0.05, 0) is 41.5 Å². The van der Waals surface area contributed by atoms with Crippen LogP contribution in [0.3, 0.4) is 0 Å². The van der Waals surface area contributed by atoms with E-state index in [9.17, 15) is 0 Å². The van der Waals surface area contributed by atoms with Gasteiger partial charge in [-0.15, -0.1) is 0 Å². The molecule has 18 heavy (non-hydrogen) atoms. The van der Waals surface area contributed by atoms with E-state index in [1.807, 2.05) is 37.3 Å². The molecule has 0 aliphatic carbocycles. The summed E-state index contributed by atoms with van der Waals surface area (Å²) >= 11 is 8.43. The van der Waals surface area contributed by atoms with Crippen LogP contribution in [0.4, 0.5) is 0 Å². The Kier molecular flexibility index (Phi) is 4.19. The molecule has 2 nitrogen and oxygen atoms in total. The number of ether oxygens (including phenoxy) is 1. The second kappa shape index (κ2) is 5.67. The van der Waals surface area contributed by atoms with Crippen molar-refractivity contribution in [2.75, 3.05) is 0 Å². The highest BCUT2D eigenvalue weighted by Crippen LogP contribution is 2.25. The Morgan fingerprint density at radius 1 is 1.28 bits per heavy atom. The van der Waals surface area contributed by atoms with Crippen molar-refractivity contribution in [2.45, 2.75) is 19.4 Å². The van der Waals surface area contributed by atoms with Gasteiger partial charge < -0.3 is 10.5 Å². The molecule has 0 bridgehead atoms. The van der Waals surface area contributed by atoms with E-state index in [0.29, 0.717) is 4.99 Å². The summed E-state index contributed by atoms with van der Waals surface area (Å²) in [6.45, 7) is 2.00. The summed E-state index contributed by atoms with van der Waals surface area (Å²) in [5.74, 6) is 0.796. The lowest BCUT2D eigenvalue weighted by molar-refractivity contribution is 0.264. The normalized spacial score (nSPS) is 12.3. The zero-order valence-corrected chi connectivity index (χ0v) is 12.4. The van der Waals surface area contributed by atoms with Crippen LogP contribution in [0.5, 0.6) is 5.75 Å². The van der Waals surface area contributed by atoms with Crippen molar-refractivity contribution >= 4 is 43.9 Å². The lowest BCUT2D eigenvalue weighted by Crippen LogP contribution is -2.31. The maximum Gasteiger partial charge on any atom is 0.148 e. The maximum absolute atomic E-state index is 5.79. The fraction of sp³-hybridized carbons (Fsp3) is 0.214. The molecular formula is C14H14BrNOS. The van der Waals surface area contributed by atoms with E-state index in [4.69, 9.17) is 22.7 Å². The molecule has 0 fully saturated rings. The van der Waals surface area contributed by atoms with Gasteiger partial charge >= 0.3 is 0 Å². The number of nitrogens with two attached hydrogens (primary N) is 1. The van der Waals surface area contributed by atoms with Crippen LogP contribution in [0, 0.1) is 0 Å². The first-order valence-electron chi connectivity index (χ1n) is 5.75. The highest BCUT2D eigenvalue weighted by atomic mass is 79.9. The number of hydrogen-bond donors (Lipinski definition) is 1. The molecule has 2 aromatic carbocycles. The predicted octanol–water partition coefficient (Wildman–Crippen LogP) is 4.05. The number of thiocarbonyl (C=S) groups is 1. The standard InChI is InChI=1S/C14H14BrNOS/c1-2-13(14(16)18)17-12-6-4-9-7-11(15)5-3-10(9)8-12/h3-8,13H,2H2,1H3,(H2,16,18). The van der Waals surface area contributed by atoms with Crippen LogP contribution in [-0.2, 0) is 0 Å². The fourth-order valence-corrected chi connectivity index (χ4v) is 2.37. The molecule has 94 valence electrons. The zero-order valence-electron chi connectivity index (χ0n) is 10.0. The number of benzene rings is 2. The van der Waals surface area contributed by atoms with E-state index in [0.717, 1.165) is 22.0 Å². The zero-order chi connectivity index (χ0) is 13.1. The molecule has 0 radical (unpaired) electrons. The molecule has 0 aliphatic heterocycles. The van der Waals surface area contributed by atoms with Gasteiger partial charge in [0.25, 0.3) is 0 Å². The van der Waals surface area contributed by atoms with Gasteiger partial charge in [0.05, 0.1) is 0 Å². The first-order valence-corrected chi connectivity index (χ1v) is 6.95. The molecule has 2 rings (SSSR count). The molecule has 0 amide bonds. The van der Waals surface area contributed by atoms with E-state index in [1.54, 1.807) is 0 Å². The highest BCUT2D eigenvalue weighted by molar-refractivity contribution is 9.10. The van der Waals surface area contributed by atoms with Crippen LogP contribution in [0.2, 0.25) is 0 Å². The summed E-state index contributed by atoms with van der Waals surface area (Å²) in [4.78, 5) is 0.397. The van der Waals surface area contributed by atoms with Crippen molar-refractivity contribution in [3.05, 3.63) is 40.9 Å². The molecule has 0 heterocycles. The van der Waals surface area contributed by atoms with Crippen LogP contribution < -0.4 is 10.5 Å². The van der Waals surface area contributed by atoms with E-state index >= 15 is 0 Å². The monoisotopic (exact) mass is 323 g/mol. The Labute approximate surface area is 120 Å². The van der Waals surface area contributed by atoms with Crippen molar-refractivity contribution < 1.29 is 4.74 Å². The Bertz CT molecular complexity index is 585. The Balaban J connectivity index is 2.30. The molecule has 1 atom stereocenters. The Morgan fingerprint density at radius 3 is 2.61 bits per heavy atom. The van der Waals surface area contributed by atoms with E-state index < -0.39 is 0 Å². The van der Waals surface area contributed by atoms with Crippen LogP contribution in [0.15, 0.2) is 40.9 Å². The Morgan fingerprint density at radius 2 is 1.94 bits per heavy atom. The molecule has 0 saturated carbocycles. The minimum absolute atomic E-state index is 0.201. The van der Waals surface area contributed by atoms with Gasteiger partial charge in [-0.3, -0.25) is 0 Å². The van der Waals surface area contributed by atoms with Gasteiger partial charge in [0.1, 0.15) is 16.8 Å². The quantitative estimate of drug-likeness (QED) is 0.862. The van der Waals surface area contributed by atoms with Crippen LogP contribution >= 0.6 is 28.1 Å². The van der Waals surface area contributed by atoms with E-state index in [1.165, 1.54) is 5.39 Å².